The molecule has 1 saturated carbocycles. The van der Waals surface area contributed by atoms with Crippen molar-refractivity contribution in [3.63, 3.8) is 0 Å². The minimum atomic E-state index is -0.419. The van der Waals surface area contributed by atoms with Crippen molar-refractivity contribution < 1.29 is 5.11 Å². The Morgan fingerprint density at radius 1 is 1.44 bits per heavy atom. The number of benzene rings is 1. The molecule has 0 saturated heterocycles. The van der Waals surface area contributed by atoms with E-state index in [-0.39, 0.29) is 0 Å². The summed E-state index contributed by atoms with van der Waals surface area (Å²) in [5.41, 5.74) is 2.17. The van der Waals surface area contributed by atoms with Crippen LogP contribution in [0.25, 0.3) is 0 Å². The number of aliphatic hydroxyl groups excluding tert-OH is 1. The first kappa shape index (κ1) is 11.9. The Morgan fingerprint density at radius 3 is 2.56 bits per heavy atom. The van der Waals surface area contributed by atoms with Gasteiger partial charge in [0.1, 0.15) is 0 Å². The third kappa shape index (κ3) is 2.25. The van der Waals surface area contributed by atoms with E-state index in [4.69, 9.17) is 0 Å². The predicted molar refractivity (Wildman–Crippen MR) is 70.8 cm³/mol. The summed E-state index contributed by atoms with van der Waals surface area (Å²) in [5.74, 6) is 0. The second-order valence-corrected chi connectivity index (χ2v) is 5.43. The van der Waals surface area contributed by atoms with Crippen molar-refractivity contribution in [2.45, 2.75) is 38.3 Å². The molecule has 2 nitrogen and oxygen atoms in total. The SMILES string of the molecule is CC(O)c1ccc(N(C)C2CCC2)cc1Br. The molecule has 0 aromatic heterocycles. The highest BCUT2D eigenvalue weighted by atomic mass is 79.9. The Hall–Kier alpha value is -0.540. The average Bonchev–Trinajstić information content (AvgIpc) is 2.14. The minimum absolute atomic E-state index is 0.419. The summed E-state index contributed by atoms with van der Waals surface area (Å²) in [6.45, 7) is 1.79. The van der Waals surface area contributed by atoms with Crippen LogP contribution >= 0.6 is 15.9 Å². The Balaban J connectivity index is 2.19. The lowest BCUT2D eigenvalue weighted by Gasteiger charge is -2.36. The van der Waals surface area contributed by atoms with Gasteiger partial charge < -0.3 is 10.0 Å². The molecule has 2 rings (SSSR count). The van der Waals surface area contributed by atoms with E-state index in [1.54, 1.807) is 6.92 Å². The lowest BCUT2D eigenvalue weighted by molar-refractivity contribution is 0.198. The summed E-state index contributed by atoms with van der Waals surface area (Å²) in [6, 6.07) is 6.88. The molecule has 1 atom stereocenters. The topological polar surface area (TPSA) is 23.5 Å². The molecule has 1 aliphatic carbocycles. The van der Waals surface area contributed by atoms with Gasteiger partial charge in [-0.05, 0) is 43.9 Å². The summed E-state index contributed by atoms with van der Waals surface area (Å²) in [6.07, 6.45) is 3.53. The molecule has 1 aromatic carbocycles. The number of aliphatic hydroxyl groups is 1. The van der Waals surface area contributed by atoms with Crippen molar-refractivity contribution in [3.05, 3.63) is 28.2 Å². The summed E-state index contributed by atoms with van der Waals surface area (Å²) >= 11 is 3.52. The van der Waals surface area contributed by atoms with Crippen molar-refractivity contribution in [1.82, 2.24) is 0 Å². The monoisotopic (exact) mass is 283 g/mol. The van der Waals surface area contributed by atoms with E-state index in [1.165, 1.54) is 24.9 Å². The van der Waals surface area contributed by atoms with Crippen LogP contribution in [0.3, 0.4) is 0 Å². The third-order valence-electron chi connectivity index (χ3n) is 3.46. The first-order valence-corrected chi connectivity index (χ1v) is 6.59. The Kier molecular flexibility index (Phi) is 3.55. The van der Waals surface area contributed by atoms with Gasteiger partial charge in [-0.2, -0.15) is 0 Å². The molecular weight excluding hydrogens is 266 g/mol. The third-order valence-corrected chi connectivity index (χ3v) is 4.15. The van der Waals surface area contributed by atoms with Crippen LogP contribution in [0, 0.1) is 0 Å². The quantitative estimate of drug-likeness (QED) is 0.918. The van der Waals surface area contributed by atoms with E-state index >= 15 is 0 Å². The van der Waals surface area contributed by atoms with E-state index in [0.29, 0.717) is 6.04 Å². The summed E-state index contributed by atoms with van der Waals surface area (Å²) < 4.78 is 0.992. The molecule has 1 aromatic rings. The number of hydrogen-bond acceptors (Lipinski definition) is 2. The Labute approximate surface area is 105 Å². The van der Waals surface area contributed by atoms with Crippen molar-refractivity contribution in [2.24, 2.45) is 0 Å². The molecule has 1 aliphatic rings. The maximum absolute atomic E-state index is 9.56. The van der Waals surface area contributed by atoms with Crippen LogP contribution in [0.4, 0.5) is 5.69 Å². The van der Waals surface area contributed by atoms with Gasteiger partial charge in [0, 0.05) is 23.2 Å². The zero-order valence-electron chi connectivity index (χ0n) is 9.78. The van der Waals surface area contributed by atoms with Crippen molar-refractivity contribution in [3.8, 4) is 0 Å². The molecule has 0 radical (unpaired) electrons. The molecule has 3 heteroatoms. The van der Waals surface area contributed by atoms with Crippen LogP contribution in [-0.4, -0.2) is 18.2 Å². The Bertz CT molecular complexity index is 374. The molecule has 0 amide bonds. The summed E-state index contributed by atoms with van der Waals surface area (Å²) in [5, 5.41) is 9.56. The van der Waals surface area contributed by atoms with Crippen molar-refractivity contribution in [1.29, 1.82) is 0 Å². The van der Waals surface area contributed by atoms with E-state index < -0.39 is 6.10 Å². The molecule has 0 aliphatic heterocycles. The lowest BCUT2D eigenvalue weighted by atomic mass is 9.91. The number of rotatable bonds is 3. The van der Waals surface area contributed by atoms with E-state index in [1.807, 2.05) is 6.07 Å². The van der Waals surface area contributed by atoms with Gasteiger partial charge in [0.25, 0.3) is 0 Å². The fourth-order valence-electron chi connectivity index (χ4n) is 2.06. The first-order chi connectivity index (χ1) is 7.59. The summed E-state index contributed by atoms with van der Waals surface area (Å²) in [4.78, 5) is 2.33. The Morgan fingerprint density at radius 2 is 2.12 bits per heavy atom. The zero-order valence-corrected chi connectivity index (χ0v) is 11.4. The number of nitrogens with zero attached hydrogens (tertiary/aromatic N) is 1. The van der Waals surface area contributed by atoms with Crippen LogP contribution in [0.1, 0.15) is 37.9 Å². The van der Waals surface area contributed by atoms with Gasteiger partial charge in [-0.3, -0.25) is 0 Å². The molecule has 88 valence electrons. The van der Waals surface area contributed by atoms with Gasteiger partial charge in [0.15, 0.2) is 0 Å². The molecule has 0 bridgehead atoms. The van der Waals surface area contributed by atoms with Gasteiger partial charge in [-0.25, -0.2) is 0 Å². The van der Waals surface area contributed by atoms with Crippen LogP contribution in [0.2, 0.25) is 0 Å². The van der Waals surface area contributed by atoms with Gasteiger partial charge in [0.2, 0.25) is 0 Å². The minimum Gasteiger partial charge on any atom is -0.389 e. The first-order valence-electron chi connectivity index (χ1n) is 5.80. The lowest BCUT2D eigenvalue weighted by Crippen LogP contribution is -2.37. The van der Waals surface area contributed by atoms with Crippen LogP contribution in [-0.2, 0) is 0 Å². The van der Waals surface area contributed by atoms with Crippen LogP contribution in [0.5, 0.6) is 0 Å². The van der Waals surface area contributed by atoms with Gasteiger partial charge in [-0.15, -0.1) is 0 Å². The highest BCUT2D eigenvalue weighted by Crippen LogP contribution is 2.32. The maximum atomic E-state index is 9.56. The zero-order chi connectivity index (χ0) is 11.7. The fraction of sp³-hybridized carbons (Fsp3) is 0.538. The predicted octanol–water partition coefficient (Wildman–Crippen LogP) is 3.49. The number of hydrogen-bond donors (Lipinski definition) is 1. The van der Waals surface area contributed by atoms with Crippen LogP contribution in [0.15, 0.2) is 22.7 Å². The van der Waals surface area contributed by atoms with Crippen LogP contribution < -0.4 is 4.90 Å². The summed E-state index contributed by atoms with van der Waals surface area (Å²) in [7, 11) is 2.15. The molecule has 1 unspecified atom stereocenters. The number of halogens is 1. The van der Waals surface area contributed by atoms with Crippen molar-refractivity contribution >= 4 is 21.6 Å². The second kappa shape index (κ2) is 4.76. The maximum Gasteiger partial charge on any atom is 0.0772 e. The molecule has 0 heterocycles. The average molecular weight is 284 g/mol. The number of anilines is 1. The molecule has 1 N–H and O–H groups in total. The van der Waals surface area contributed by atoms with E-state index in [2.05, 4.69) is 40.0 Å². The van der Waals surface area contributed by atoms with E-state index in [9.17, 15) is 5.11 Å². The second-order valence-electron chi connectivity index (χ2n) is 4.58. The largest absolute Gasteiger partial charge is 0.389 e. The molecule has 16 heavy (non-hydrogen) atoms. The molecular formula is C13H18BrNO. The highest BCUT2D eigenvalue weighted by Gasteiger charge is 2.22. The molecule has 1 fully saturated rings. The van der Waals surface area contributed by atoms with E-state index in [0.717, 1.165) is 10.0 Å². The van der Waals surface area contributed by atoms with Gasteiger partial charge in [0.05, 0.1) is 6.10 Å². The standard InChI is InChI=1S/C13H18BrNO/c1-9(16)12-7-6-11(8-13(12)14)15(2)10-4-3-5-10/h6-10,16H,3-5H2,1-2H3. The molecule has 0 spiro atoms. The smallest absolute Gasteiger partial charge is 0.0772 e. The van der Waals surface area contributed by atoms with Crippen molar-refractivity contribution in [2.75, 3.05) is 11.9 Å². The highest BCUT2D eigenvalue weighted by molar-refractivity contribution is 9.10. The normalized spacial score (nSPS) is 18.0. The van der Waals surface area contributed by atoms with Gasteiger partial charge in [-0.1, -0.05) is 22.0 Å². The van der Waals surface area contributed by atoms with Gasteiger partial charge >= 0.3 is 0 Å². The fourth-order valence-corrected chi connectivity index (χ4v) is 2.76.